The van der Waals surface area contributed by atoms with Gasteiger partial charge < -0.3 is 18.9 Å². The summed E-state index contributed by atoms with van der Waals surface area (Å²) in [4.78, 5) is 26.4. The Kier molecular flexibility index (Phi) is 6.24. The lowest BCUT2D eigenvalue weighted by atomic mass is 9.90. The van der Waals surface area contributed by atoms with Crippen LogP contribution in [0.1, 0.15) is 23.8 Å². The quantitative estimate of drug-likeness (QED) is 0.567. The Morgan fingerprint density at radius 2 is 1.67 bits per heavy atom. The summed E-state index contributed by atoms with van der Waals surface area (Å²) in [6.45, 7) is 1.56. The van der Waals surface area contributed by atoms with E-state index in [9.17, 15) is 9.59 Å². The van der Waals surface area contributed by atoms with Gasteiger partial charge in [0.2, 0.25) is 0 Å². The minimum absolute atomic E-state index is 0.288. The lowest BCUT2D eigenvalue weighted by Crippen LogP contribution is -2.53. The zero-order valence-corrected chi connectivity index (χ0v) is 18.1. The molecular formula is C25H26N2O6. The van der Waals surface area contributed by atoms with Crippen molar-refractivity contribution >= 4 is 0 Å². The predicted molar refractivity (Wildman–Crippen MR) is 120 cm³/mol. The highest BCUT2D eigenvalue weighted by Crippen LogP contribution is 2.46. The van der Waals surface area contributed by atoms with Gasteiger partial charge in [0.25, 0.3) is 5.56 Å². The number of aromatic nitrogens is 2. The molecule has 1 N–H and O–H groups in total. The van der Waals surface area contributed by atoms with Crippen molar-refractivity contribution in [3.8, 4) is 0 Å². The van der Waals surface area contributed by atoms with Crippen LogP contribution in [0.4, 0.5) is 0 Å². The molecule has 33 heavy (non-hydrogen) atoms. The number of ether oxygens (including phenoxy) is 4. The molecule has 2 aliphatic heterocycles. The normalized spacial score (nSPS) is 26.4. The highest BCUT2D eigenvalue weighted by molar-refractivity contribution is 5.15. The molecule has 2 bridgehead atoms. The van der Waals surface area contributed by atoms with Crippen LogP contribution >= 0.6 is 0 Å². The van der Waals surface area contributed by atoms with Gasteiger partial charge in [-0.05, 0) is 11.1 Å². The number of hydrogen-bond donors (Lipinski definition) is 1. The van der Waals surface area contributed by atoms with E-state index >= 15 is 0 Å². The molecule has 0 spiro atoms. The maximum atomic E-state index is 12.5. The van der Waals surface area contributed by atoms with Crippen LogP contribution in [0.15, 0.2) is 82.5 Å². The summed E-state index contributed by atoms with van der Waals surface area (Å²) >= 11 is 0. The van der Waals surface area contributed by atoms with Crippen LogP contribution in [0, 0.1) is 0 Å². The third-order valence-electron chi connectivity index (χ3n) is 6.14. The second-order valence-electron chi connectivity index (χ2n) is 8.37. The molecule has 5 rings (SSSR count). The Morgan fingerprint density at radius 3 is 2.36 bits per heavy atom. The number of nitrogens with one attached hydrogen (secondary N) is 1. The lowest BCUT2D eigenvalue weighted by molar-refractivity contribution is -0.178. The fourth-order valence-corrected chi connectivity index (χ4v) is 4.52. The first kappa shape index (κ1) is 21.8. The largest absolute Gasteiger partial charge is 0.374 e. The average molecular weight is 450 g/mol. The van der Waals surface area contributed by atoms with Crippen LogP contribution in [0.3, 0.4) is 0 Å². The van der Waals surface area contributed by atoms with Gasteiger partial charge >= 0.3 is 5.69 Å². The number of H-pyrrole nitrogens is 1. The van der Waals surface area contributed by atoms with Gasteiger partial charge in [-0.2, -0.15) is 0 Å². The van der Waals surface area contributed by atoms with Crippen molar-refractivity contribution in [1.29, 1.82) is 0 Å². The minimum Gasteiger partial charge on any atom is -0.374 e. The molecule has 0 radical (unpaired) electrons. The zero-order chi connectivity index (χ0) is 22.7. The fourth-order valence-electron chi connectivity index (χ4n) is 4.52. The minimum atomic E-state index is -0.785. The maximum Gasteiger partial charge on any atom is 0.330 e. The van der Waals surface area contributed by atoms with E-state index in [-0.39, 0.29) is 6.61 Å². The molecule has 0 saturated carbocycles. The van der Waals surface area contributed by atoms with E-state index in [4.69, 9.17) is 18.9 Å². The van der Waals surface area contributed by atoms with Crippen molar-refractivity contribution in [2.45, 2.75) is 43.7 Å². The summed E-state index contributed by atoms with van der Waals surface area (Å²) in [6, 6.07) is 21.1. The van der Waals surface area contributed by atoms with Gasteiger partial charge in [-0.25, -0.2) is 4.79 Å². The Hall–Kier alpha value is -3.04. The second-order valence-corrected chi connectivity index (χ2v) is 8.37. The van der Waals surface area contributed by atoms with Crippen molar-refractivity contribution in [1.82, 2.24) is 9.55 Å². The molecule has 0 unspecified atom stereocenters. The molecule has 2 aromatic carbocycles. The first-order chi connectivity index (χ1) is 16.1. The zero-order valence-electron chi connectivity index (χ0n) is 18.1. The van der Waals surface area contributed by atoms with Crippen molar-refractivity contribution in [3.63, 3.8) is 0 Å². The highest BCUT2D eigenvalue weighted by Gasteiger charge is 2.60. The molecule has 3 aromatic rings. The Labute approximate surface area is 190 Å². The van der Waals surface area contributed by atoms with Crippen molar-refractivity contribution < 1.29 is 18.9 Å². The summed E-state index contributed by atoms with van der Waals surface area (Å²) < 4.78 is 26.3. The van der Waals surface area contributed by atoms with Gasteiger partial charge in [0, 0.05) is 18.7 Å². The first-order valence-corrected chi connectivity index (χ1v) is 11.0. The number of rotatable bonds is 8. The summed E-state index contributed by atoms with van der Waals surface area (Å²) in [5.74, 6) is 0. The van der Waals surface area contributed by atoms with Crippen LogP contribution in [0.2, 0.25) is 0 Å². The van der Waals surface area contributed by atoms with E-state index < -0.39 is 35.3 Å². The number of benzene rings is 2. The van der Waals surface area contributed by atoms with Crippen LogP contribution in [-0.2, 0) is 32.2 Å². The van der Waals surface area contributed by atoms with Gasteiger partial charge in [-0.3, -0.25) is 14.3 Å². The summed E-state index contributed by atoms with van der Waals surface area (Å²) in [7, 11) is 0. The highest BCUT2D eigenvalue weighted by atomic mass is 16.6. The third kappa shape index (κ3) is 4.56. The van der Waals surface area contributed by atoms with Crippen molar-refractivity contribution in [2.24, 2.45) is 0 Å². The molecule has 8 heteroatoms. The molecule has 4 atom stereocenters. The molecule has 2 aliphatic rings. The van der Waals surface area contributed by atoms with E-state index in [2.05, 4.69) is 4.98 Å². The number of nitrogens with zero attached hydrogens (tertiary/aromatic N) is 1. The first-order valence-electron chi connectivity index (χ1n) is 11.0. The Bertz CT molecular complexity index is 1180. The smallest absolute Gasteiger partial charge is 0.330 e. The summed E-state index contributed by atoms with van der Waals surface area (Å²) in [5.41, 5.74) is 0.292. The molecule has 0 aliphatic carbocycles. The standard InChI is InChI=1S/C25H26N2O6/c28-20-11-13-27(24(29)26-20)23-21-22(32-16-19-9-5-2-6-10-19)25(33-23,12-14-31-21)17-30-15-18-7-3-1-4-8-18/h1-11,13,21-23H,12,14-17H2,(H,26,28,29)/t21-,22+,23-,25-/m1/s1. The van der Waals surface area contributed by atoms with Gasteiger partial charge in [-0.1, -0.05) is 60.7 Å². The van der Waals surface area contributed by atoms with Gasteiger partial charge in [0.15, 0.2) is 6.23 Å². The topological polar surface area (TPSA) is 91.8 Å². The van der Waals surface area contributed by atoms with E-state index in [0.29, 0.717) is 26.2 Å². The molecular weight excluding hydrogens is 424 g/mol. The van der Waals surface area contributed by atoms with Crippen molar-refractivity contribution in [3.05, 3.63) is 105 Å². The Balaban J connectivity index is 1.40. The molecule has 1 aromatic heterocycles. The molecule has 0 amide bonds. The number of hydrogen-bond acceptors (Lipinski definition) is 6. The maximum absolute atomic E-state index is 12.5. The van der Waals surface area contributed by atoms with E-state index in [1.54, 1.807) is 0 Å². The fraction of sp³-hybridized carbons (Fsp3) is 0.360. The van der Waals surface area contributed by atoms with Gasteiger partial charge in [0.1, 0.15) is 17.8 Å². The van der Waals surface area contributed by atoms with Gasteiger partial charge in [-0.15, -0.1) is 0 Å². The van der Waals surface area contributed by atoms with Crippen LogP contribution in [0.25, 0.3) is 0 Å². The molecule has 172 valence electrons. The van der Waals surface area contributed by atoms with Crippen LogP contribution in [0.5, 0.6) is 0 Å². The van der Waals surface area contributed by atoms with Crippen LogP contribution < -0.4 is 11.2 Å². The van der Waals surface area contributed by atoms with E-state index in [1.165, 1.54) is 16.8 Å². The summed E-state index contributed by atoms with van der Waals surface area (Å²) in [6.07, 6.45) is 0.282. The molecule has 8 nitrogen and oxygen atoms in total. The molecule has 2 fully saturated rings. The van der Waals surface area contributed by atoms with E-state index in [1.807, 2.05) is 60.7 Å². The van der Waals surface area contributed by atoms with Crippen molar-refractivity contribution in [2.75, 3.05) is 13.2 Å². The third-order valence-corrected chi connectivity index (χ3v) is 6.14. The SMILES string of the molecule is O=c1ccn([C@@H]2O[C@@]3(COCc4ccccc4)CCO[C@@H]2[C@@H]3OCc2ccccc2)c(=O)[nH]1. The monoisotopic (exact) mass is 450 g/mol. The Morgan fingerprint density at radius 1 is 0.970 bits per heavy atom. The molecule has 2 saturated heterocycles. The molecule has 3 heterocycles. The van der Waals surface area contributed by atoms with Crippen LogP contribution in [-0.4, -0.2) is 40.6 Å². The lowest BCUT2D eigenvalue weighted by Gasteiger charge is -2.38. The predicted octanol–water partition coefficient (Wildman–Crippen LogP) is 2.40. The number of aromatic amines is 1. The average Bonchev–Trinajstić information content (AvgIpc) is 2.99. The number of fused-ring (bicyclic) bond motifs is 2. The second kappa shape index (κ2) is 9.44. The summed E-state index contributed by atoms with van der Waals surface area (Å²) in [5, 5.41) is 0. The van der Waals surface area contributed by atoms with E-state index in [0.717, 1.165) is 11.1 Å². The van der Waals surface area contributed by atoms with Gasteiger partial charge in [0.05, 0.1) is 26.4 Å².